The van der Waals surface area contributed by atoms with Crippen molar-refractivity contribution in [1.82, 2.24) is 0 Å². The third-order valence-corrected chi connectivity index (χ3v) is 4.30. The lowest BCUT2D eigenvalue weighted by Crippen LogP contribution is -2.29. The second kappa shape index (κ2) is 8.53. The molecule has 1 N–H and O–H groups in total. The maximum Gasteiger partial charge on any atom is 0.345 e. The fourth-order valence-electron chi connectivity index (χ4n) is 2.57. The Kier molecular flexibility index (Phi) is 6.42. The van der Waals surface area contributed by atoms with E-state index in [4.69, 9.17) is 4.74 Å². The molecule has 3 heteroatoms. The highest BCUT2D eigenvalue weighted by atomic mass is 16.5. The quantitative estimate of drug-likeness (QED) is 0.763. The molecule has 0 aliphatic carbocycles. The van der Waals surface area contributed by atoms with Gasteiger partial charge in [0, 0.05) is 6.42 Å². The Bertz CT molecular complexity index is 674. The molecule has 0 bridgehead atoms. The van der Waals surface area contributed by atoms with Gasteiger partial charge in [0.05, 0.1) is 0 Å². The summed E-state index contributed by atoms with van der Waals surface area (Å²) in [6.07, 6.45) is 2.89. The molecule has 0 spiro atoms. The van der Waals surface area contributed by atoms with E-state index in [1.165, 1.54) is 18.4 Å². The van der Waals surface area contributed by atoms with E-state index in [1.807, 2.05) is 44.2 Å². The summed E-state index contributed by atoms with van der Waals surface area (Å²) in [5.74, 6) is -0.339. The normalized spacial score (nSPS) is 12.0. The van der Waals surface area contributed by atoms with Crippen molar-refractivity contribution in [3.05, 3.63) is 64.7 Å². The molecular formula is C21H26O3. The molecule has 24 heavy (non-hydrogen) atoms. The molecule has 0 fully saturated rings. The standard InChI is InChI=1S/C21H26O3/c1-4-5-6-17-8-10-18(11-9-17)14-20(21(22)23)24-19-12-7-15(2)16(3)13-19/h7-13,20H,4-6,14H2,1-3H3,(H,22,23). The zero-order valence-electron chi connectivity index (χ0n) is 14.7. The van der Waals surface area contributed by atoms with Gasteiger partial charge in [-0.05, 0) is 61.1 Å². The number of carboxylic acid groups (broad SMARTS) is 1. The first-order valence-corrected chi connectivity index (χ1v) is 8.54. The highest BCUT2D eigenvalue weighted by molar-refractivity contribution is 5.73. The van der Waals surface area contributed by atoms with Crippen molar-refractivity contribution < 1.29 is 14.6 Å². The van der Waals surface area contributed by atoms with Gasteiger partial charge in [0.1, 0.15) is 5.75 Å². The summed E-state index contributed by atoms with van der Waals surface area (Å²) in [7, 11) is 0. The minimum atomic E-state index is -0.941. The van der Waals surface area contributed by atoms with Crippen molar-refractivity contribution >= 4 is 5.97 Å². The summed E-state index contributed by atoms with van der Waals surface area (Å²) in [6.45, 7) is 6.19. The molecule has 2 rings (SSSR count). The first-order chi connectivity index (χ1) is 11.5. The molecule has 1 unspecified atom stereocenters. The molecule has 0 heterocycles. The highest BCUT2D eigenvalue weighted by Gasteiger charge is 2.20. The van der Waals surface area contributed by atoms with E-state index < -0.39 is 12.1 Å². The molecule has 0 amide bonds. The third-order valence-electron chi connectivity index (χ3n) is 4.30. The van der Waals surface area contributed by atoms with Gasteiger partial charge in [0.2, 0.25) is 0 Å². The molecule has 0 radical (unpaired) electrons. The van der Waals surface area contributed by atoms with Crippen LogP contribution in [0, 0.1) is 13.8 Å². The lowest BCUT2D eigenvalue weighted by atomic mass is 10.0. The van der Waals surface area contributed by atoms with Crippen molar-refractivity contribution in [3.63, 3.8) is 0 Å². The monoisotopic (exact) mass is 326 g/mol. The number of benzene rings is 2. The molecular weight excluding hydrogens is 300 g/mol. The fraction of sp³-hybridized carbons (Fsp3) is 0.381. The van der Waals surface area contributed by atoms with Gasteiger partial charge in [-0.2, -0.15) is 0 Å². The minimum Gasteiger partial charge on any atom is -0.478 e. The highest BCUT2D eigenvalue weighted by Crippen LogP contribution is 2.19. The summed E-state index contributed by atoms with van der Waals surface area (Å²) in [6, 6.07) is 13.8. The van der Waals surface area contributed by atoms with Crippen molar-refractivity contribution in [2.24, 2.45) is 0 Å². The maximum atomic E-state index is 11.5. The third kappa shape index (κ3) is 5.12. The Morgan fingerprint density at radius 2 is 1.71 bits per heavy atom. The smallest absolute Gasteiger partial charge is 0.345 e. The van der Waals surface area contributed by atoms with E-state index in [9.17, 15) is 9.90 Å². The molecule has 0 aliphatic rings. The number of hydrogen-bond acceptors (Lipinski definition) is 2. The molecule has 128 valence electrons. The molecule has 3 nitrogen and oxygen atoms in total. The van der Waals surface area contributed by atoms with Gasteiger partial charge in [-0.25, -0.2) is 4.79 Å². The lowest BCUT2D eigenvalue weighted by Gasteiger charge is -2.16. The summed E-state index contributed by atoms with van der Waals surface area (Å²) in [5.41, 5.74) is 4.53. The number of aryl methyl sites for hydroxylation is 3. The van der Waals surface area contributed by atoms with Gasteiger partial charge >= 0.3 is 5.97 Å². The average molecular weight is 326 g/mol. The molecule has 0 aromatic heterocycles. The van der Waals surface area contributed by atoms with Gasteiger partial charge in [-0.3, -0.25) is 0 Å². The molecule has 2 aromatic rings. The second-order valence-electron chi connectivity index (χ2n) is 6.31. The van der Waals surface area contributed by atoms with E-state index in [2.05, 4.69) is 19.1 Å². The summed E-state index contributed by atoms with van der Waals surface area (Å²) in [5, 5.41) is 9.47. The predicted molar refractivity (Wildman–Crippen MR) is 96.7 cm³/mol. The van der Waals surface area contributed by atoms with Crippen LogP contribution in [0.1, 0.15) is 42.0 Å². The van der Waals surface area contributed by atoms with Crippen LogP contribution in [0.15, 0.2) is 42.5 Å². The number of unbranched alkanes of at least 4 members (excludes halogenated alkanes) is 1. The maximum absolute atomic E-state index is 11.5. The van der Waals surface area contributed by atoms with Crippen LogP contribution >= 0.6 is 0 Å². The van der Waals surface area contributed by atoms with Crippen LogP contribution in [0.5, 0.6) is 5.75 Å². The van der Waals surface area contributed by atoms with Crippen molar-refractivity contribution in [2.75, 3.05) is 0 Å². The number of hydrogen-bond donors (Lipinski definition) is 1. The van der Waals surface area contributed by atoms with Crippen molar-refractivity contribution in [2.45, 2.75) is 52.6 Å². The van der Waals surface area contributed by atoms with Crippen molar-refractivity contribution in [1.29, 1.82) is 0 Å². The van der Waals surface area contributed by atoms with Crippen LogP contribution in [0.25, 0.3) is 0 Å². The van der Waals surface area contributed by atoms with Gasteiger partial charge in [-0.1, -0.05) is 43.7 Å². The van der Waals surface area contributed by atoms with E-state index in [-0.39, 0.29) is 0 Å². The molecule has 1 atom stereocenters. The Hall–Kier alpha value is -2.29. The predicted octanol–water partition coefficient (Wildman–Crippen LogP) is 4.72. The van der Waals surface area contributed by atoms with E-state index in [1.54, 1.807) is 0 Å². The van der Waals surface area contributed by atoms with Gasteiger partial charge in [0.25, 0.3) is 0 Å². The lowest BCUT2D eigenvalue weighted by molar-refractivity contribution is -0.145. The van der Waals surface area contributed by atoms with Crippen molar-refractivity contribution in [3.8, 4) is 5.75 Å². The molecule has 0 aliphatic heterocycles. The van der Waals surface area contributed by atoms with E-state index >= 15 is 0 Å². The van der Waals surface area contributed by atoms with E-state index in [0.717, 1.165) is 23.1 Å². The Morgan fingerprint density at radius 1 is 1.04 bits per heavy atom. The van der Waals surface area contributed by atoms with Gasteiger partial charge < -0.3 is 9.84 Å². The Morgan fingerprint density at radius 3 is 2.29 bits per heavy atom. The summed E-state index contributed by atoms with van der Waals surface area (Å²) < 4.78 is 5.71. The zero-order chi connectivity index (χ0) is 17.5. The number of aliphatic carboxylic acids is 1. The van der Waals surface area contributed by atoms with Crippen LogP contribution in [0.3, 0.4) is 0 Å². The molecule has 0 saturated carbocycles. The number of rotatable bonds is 8. The van der Waals surface area contributed by atoms with Crippen LogP contribution in [-0.4, -0.2) is 17.2 Å². The largest absolute Gasteiger partial charge is 0.478 e. The average Bonchev–Trinajstić information content (AvgIpc) is 2.56. The second-order valence-corrected chi connectivity index (χ2v) is 6.31. The Balaban J connectivity index is 2.05. The number of carboxylic acids is 1. The van der Waals surface area contributed by atoms with Gasteiger partial charge in [0.15, 0.2) is 6.10 Å². The van der Waals surface area contributed by atoms with E-state index in [0.29, 0.717) is 12.2 Å². The SMILES string of the molecule is CCCCc1ccc(CC(Oc2ccc(C)c(C)c2)C(=O)O)cc1. The summed E-state index contributed by atoms with van der Waals surface area (Å²) >= 11 is 0. The van der Waals surface area contributed by atoms with Crippen LogP contribution in [0.2, 0.25) is 0 Å². The van der Waals surface area contributed by atoms with Crippen LogP contribution < -0.4 is 4.74 Å². The fourth-order valence-corrected chi connectivity index (χ4v) is 2.57. The van der Waals surface area contributed by atoms with Crippen LogP contribution in [-0.2, 0) is 17.6 Å². The first-order valence-electron chi connectivity index (χ1n) is 8.54. The Labute approximate surface area is 144 Å². The molecule has 2 aromatic carbocycles. The number of carbonyl (C=O) groups is 1. The minimum absolute atomic E-state index is 0.357. The summed E-state index contributed by atoms with van der Waals surface area (Å²) in [4.78, 5) is 11.5. The molecule has 0 saturated heterocycles. The topological polar surface area (TPSA) is 46.5 Å². The number of ether oxygens (including phenoxy) is 1. The van der Waals surface area contributed by atoms with Gasteiger partial charge in [-0.15, -0.1) is 0 Å². The zero-order valence-corrected chi connectivity index (χ0v) is 14.7. The first kappa shape index (κ1) is 18.1. The van der Waals surface area contributed by atoms with Crippen LogP contribution in [0.4, 0.5) is 0 Å².